The van der Waals surface area contributed by atoms with E-state index in [1.54, 1.807) is 0 Å². The highest BCUT2D eigenvalue weighted by Crippen LogP contribution is 2.30. The Bertz CT molecular complexity index is 715. The Morgan fingerprint density at radius 1 is 0.468 bits per heavy atom. The number of rotatable bonds is 37. The highest BCUT2D eigenvalue weighted by molar-refractivity contribution is 5.87. The second-order valence-corrected chi connectivity index (χ2v) is 14.4. The van der Waals surface area contributed by atoms with Crippen molar-refractivity contribution in [2.75, 3.05) is 0 Å². The van der Waals surface area contributed by atoms with Gasteiger partial charge in [-0.25, -0.2) is 0 Å². The third-order valence-corrected chi connectivity index (χ3v) is 9.93. The van der Waals surface area contributed by atoms with Gasteiger partial charge < -0.3 is 9.53 Å². The number of carbonyl (C=O) groups excluding carboxylic acids is 3. The SMILES string of the molecule is CCCCCCCCC=CCCCCCCCC(=O)OC(=O)C(CCC=O)C(CCCCCCCC)CCCCCCCCCCC. The van der Waals surface area contributed by atoms with Crippen molar-refractivity contribution in [3.8, 4) is 0 Å². The van der Waals surface area contributed by atoms with Crippen LogP contribution in [0.5, 0.6) is 0 Å². The molecule has 0 rings (SSSR count). The Labute approximate surface area is 293 Å². The summed E-state index contributed by atoms with van der Waals surface area (Å²) in [5, 5.41) is 0. The molecule has 0 aliphatic carbocycles. The van der Waals surface area contributed by atoms with Gasteiger partial charge in [0.1, 0.15) is 6.29 Å². The van der Waals surface area contributed by atoms with Gasteiger partial charge in [-0.3, -0.25) is 9.59 Å². The number of allylic oxidation sites excluding steroid dienone is 2. The molecule has 47 heavy (non-hydrogen) atoms. The first-order chi connectivity index (χ1) is 23.1. The first-order valence-electron chi connectivity index (χ1n) is 20.9. The van der Waals surface area contributed by atoms with Crippen molar-refractivity contribution in [2.45, 2.75) is 233 Å². The van der Waals surface area contributed by atoms with Gasteiger partial charge in [0.2, 0.25) is 0 Å². The maximum absolute atomic E-state index is 13.3. The zero-order chi connectivity index (χ0) is 34.5. The fourth-order valence-electron chi connectivity index (χ4n) is 6.82. The quantitative estimate of drug-likeness (QED) is 0.0219. The summed E-state index contributed by atoms with van der Waals surface area (Å²) in [5.74, 6) is -0.907. The van der Waals surface area contributed by atoms with Gasteiger partial charge in [-0.15, -0.1) is 0 Å². The monoisotopic (exact) mass is 661 g/mol. The van der Waals surface area contributed by atoms with E-state index in [4.69, 9.17) is 4.74 Å². The number of esters is 2. The Morgan fingerprint density at radius 3 is 1.28 bits per heavy atom. The fraction of sp³-hybridized carbons (Fsp3) is 0.884. The largest absolute Gasteiger partial charge is 0.393 e. The molecule has 4 nitrogen and oxygen atoms in total. The van der Waals surface area contributed by atoms with E-state index in [0.717, 1.165) is 57.7 Å². The normalized spacial score (nSPS) is 12.8. The standard InChI is InChI=1S/C43H80O4/c1-4-7-10-13-16-18-19-20-21-22-23-25-27-30-33-38-42(45)47-43(46)41(37-34-39-44)40(35-31-28-15-12-9-6-3)36-32-29-26-24-17-14-11-8-5-2/h20-21,39-41H,4-19,22-38H2,1-3H3. The van der Waals surface area contributed by atoms with Crippen molar-refractivity contribution >= 4 is 18.2 Å². The molecular formula is C43H80O4. The van der Waals surface area contributed by atoms with Crippen molar-refractivity contribution in [1.29, 1.82) is 0 Å². The molecule has 0 aromatic heterocycles. The molecule has 0 amide bonds. The summed E-state index contributed by atoms with van der Waals surface area (Å²) < 4.78 is 5.46. The minimum absolute atomic E-state index is 0.200. The van der Waals surface area contributed by atoms with E-state index in [2.05, 4.69) is 32.9 Å². The topological polar surface area (TPSA) is 60.4 Å². The maximum Gasteiger partial charge on any atom is 0.316 e. The molecule has 2 unspecified atom stereocenters. The van der Waals surface area contributed by atoms with E-state index in [-0.39, 0.29) is 23.8 Å². The first-order valence-corrected chi connectivity index (χ1v) is 20.9. The summed E-state index contributed by atoms with van der Waals surface area (Å²) in [5.41, 5.74) is 0. The molecule has 0 aromatic rings. The van der Waals surface area contributed by atoms with E-state index < -0.39 is 0 Å². The van der Waals surface area contributed by atoms with E-state index >= 15 is 0 Å². The van der Waals surface area contributed by atoms with Gasteiger partial charge in [0.25, 0.3) is 0 Å². The third-order valence-electron chi connectivity index (χ3n) is 9.93. The van der Waals surface area contributed by atoms with Crippen LogP contribution in [0.1, 0.15) is 233 Å². The Kier molecular flexibility index (Phi) is 36.2. The van der Waals surface area contributed by atoms with Crippen LogP contribution in [0.15, 0.2) is 12.2 Å². The van der Waals surface area contributed by atoms with Crippen LogP contribution in [0.2, 0.25) is 0 Å². The van der Waals surface area contributed by atoms with Crippen LogP contribution in [0.25, 0.3) is 0 Å². The minimum Gasteiger partial charge on any atom is -0.393 e. The van der Waals surface area contributed by atoms with Crippen LogP contribution < -0.4 is 0 Å². The number of hydrogen-bond donors (Lipinski definition) is 0. The fourth-order valence-corrected chi connectivity index (χ4v) is 6.82. The van der Waals surface area contributed by atoms with Crippen LogP contribution in [0.3, 0.4) is 0 Å². The molecule has 4 heteroatoms. The lowest BCUT2D eigenvalue weighted by atomic mass is 9.81. The average molecular weight is 661 g/mol. The minimum atomic E-state index is -0.384. The molecule has 0 aliphatic heterocycles. The van der Waals surface area contributed by atoms with Crippen molar-refractivity contribution in [3.05, 3.63) is 12.2 Å². The molecule has 0 N–H and O–H groups in total. The van der Waals surface area contributed by atoms with Crippen LogP contribution in [-0.4, -0.2) is 18.2 Å². The lowest BCUT2D eigenvalue weighted by Gasteiger charge is -2.25. The van der Waals surface area contributed by atoms with Gasteiger partial charge in [-0.1, -0.05) is 181 Å². The van der Waals surface area contributed by atoms with Crippen molar-refractivity contribution in [1.82, 2.24) is 0 Å². The van der Waals surface area contributed by atoms with Crippen LogP contribution in [0.4, 0.5) is 0 Å². The predicted octanol–water partition coefficient (Wildman–Crippen LogP) is 14.0. The second kappa shape index (κ2) is 37.4. The number of unbranched alkanes of at least 4 members (excludes halogenated alkanes) is 24. The summed E-state index contributed by atoms with van der Waals surface area (Å²) in [4.78, 5) is 37.3. The summed E-state index contributed by atoms with van der Waals surface area (Å²) in [6.45, 7) is 6.76. The predicted molar refractivity (Wildman–Crippen MR) is 203 cm³/mol. The van der Waals surface area contributed by atoms with Crippen molar-refractivity contribution in [3.63, 3.8) is 0 Å². The smallest absolute Gasteiger partial charge is 0.316 e. The van der Waals surface area contributed by atoms with Crippen molar-refractivity contribution < 1.29 is 19.1 Å². The number of carbonyl (C=O) groups is 3. The van der Waals surface area contributed by atoms with Crippen molar-refractivity contribution in [2.24, 2.45) is 11.8 Å². The van der Waals surface area contributed by atoms with Crippen LogP contribution >= 0.6 is 0 Å². The molecule has 0 spiro atoms. The molecule has 2 atom stereocenters. The van der Waals surface area contributed by atoms with Gasteiger partial charge in [0.15, 0.2) is 0 Å². The van der Waals surface area contributed by atoms with Gasteiger partial charge in [-0.2, -0.15) is 0 Å². The molecule has 0 saturated carbocycles. The number of ether oxygens (including phenoxy) is 1. The summed E-state index contributed by atoms with van der Waals surface area (Å²) in [6.07, 6.45) is 43.4. The van der Waals surface area contributed by atoms with E-state index in [1.165, 1.54) is 141 Å². The molecule has 276 valence electrons. The van der Waals surface area contributed by atoms with Gasteiger partial charge >= 0.3 is 11.9 Å². The second-order valence-electron chi connectivity index (χ2n) is 14.4. The van der Waals surface area contributed by atoms with E-state index in [0.29, 0.717) is 19.3 Å². The van der Waals surface area contributed by atoms with Gasteiger partial charge in [-0.05, 0) is 57.3 Å². The molecule has 0 aromatic carbocycles. The first kappa shape index (κ1) is 45.6. The summed E-state index contributed by atoms with van der Waals surface area (Å²) in [7, 11) is 0. The highest BCUT2D eigenvalue weighted by atomic mass is 16.6. The van der Waals surface area contributed by atoms with Gasteiger partial charge in [0, 0.05) is 12.8 Å². The zero-order valence-corrected chi connectivity index (χ0v) is 31.9. The molecule has 0 radical (unpaired) electrons. The molecule has 0 fully saturated rings. The zero-order valence-electron chi connectivity index (χ0n) is 31.9. The van der Waals surface area contributed by atoms with E-state index in [1.807, 2.05) is 0 Å². The molecule has 0 aliphatic rings. The number of aldehydes is 1. The average Bonchev–Trinajstić information content (AvgIpc) is 3.07. The lowest BCUT2D eigenvalue weighted by molar-refractivity contribution is -0.164. The Hall–Kier alpha value is -1.45. The van der Waals surface area contributed by atoms with Gasteiger partial charge in [0.05, 0.1) is 5.92 Å². The maximum atomic E-state index is 13.3. The molecule has 0 saturated heterocycles. The third kappa shape index (κ3) is 31.6. The molecular weight excluding hydrogens is 580 g/mol. The number of hydrogen-bond acceptors (Lipinski definition) is 4. The summed E-state index contributed by atoms with van der Waals surface area (Å²) in [6, 6.07) is 0. The highest BCUT2D eigenvalue weighted by Gasteiger charge is 2.30. The molecule has 0 heterocycles. The lowest BCUT2D eigenvalue weighted by Crippen LogP contribution is -2.28. The van der Waals surface area contributed by atoms with Crippen LogP contribution in [0, 0.1) is 11.8 Å². The van der Waals surface area contributed by atoms with E-state index in [9.17, 15) is 14.4 Å². The summed E-state index contributed by atoms with van der Waals surface area (Å²) >= 11 is 0. The Balaban J connectivity index is 4.52. The van der Waals surface area contributed by atoms with Crippen LogP contribution in [-0.2, 0) is 19.1 Å². The Morgan fingerprint density at radius 2 is 0.851 bits per heavy atom. The molecule has 0 bridgehead atoms.